The van der Waals surface area contributed by atoms with Crippen LogP contribution < -0.4 is 10.5 Å². The molecule has 0 saturated carbocycles. The van der Waals surface area contributed by atoms with Crippen LogP contribution in [-0.4, -0.2) is 20.9 Å². The molecular formula is C34H30N4O. The smallest absolute Gasteiger partial charge is 0.213 e. The summed E-state index contributed by atoms with van der Waals surface area (Å²) in [6.07, 6.45) is 1.87. The van der Waals surface area contributed by atoms with E-state index in [-0.39, 0.29) is 6.10 Å². The first-order chi connectivity index (χ1) is 19.1. The van der Waals surface area contributed by atoms with Gasteiger partial charge in [-0.1, -0.05) is 91.0 Å². The summed E-state index contributed by atoms with van der Waals surface area (Å²) in [4.78, 5) is 4.57. The van der Waals surface area contributed by atoms with Crippen molar-refractivity contribution in [2.24, 2.45) is 0 Å². The van der Waals surface area contributed by atoms with Crippen molar-refractivity contribution in [3.05, 3.63) is 144 Å². The van der Waals surface area contributed by atoms with Crippen LogP contribution in [0.2, 0.25) is 0 Å². The average Bonchev–Trinajstić information content (AvgIpc) is 3.34. The van der Waals surface area contributed by atoms with Crippen molar-refractivity contribution in [3.8, 4) is 17.1 Å². The van der Waals surface area contributed by atoms with Crippen molar-refractivity contribution < 1.29 is 4.74 Å². The molecule has 6 rings (SSSR count). The number of ether oxygens (including phenoxy) is 1. The molecule has 192 valence electrons. The van der Waals surface area contributed by atoms with Gasteiger partial charge in [0.1, 0.15) is 11.2 Å². The number of nitrogens with two attached hydrogens (primary N) is 1. The van der Waals surface area contributed by atoms with E-state index in [1.165, 1.54) is 0 Å². The zero-order chi connectivity index (χ0) is 26.8. The molecule has 0 bridgehead atoms. The highest BCUT2D eigenvalue weighted by Crippen LogP contribution is 2.44. The van der Waals surface area contributed by atoms with E-state index in [0.717, 1.165) is 38.9 Å². The lowest BCUT2D eigenvalue weighted by molar-refractivity contribution is 0.232. The first-order valence-corrected chi connectivity index (χ1v) is 13.2. The third kappa shape index (κ3) is 4.32. The first kappa shape index (κ1) is 24.4. The number of nitrogen functional groups attached to an aromatic ring is 1. The lowest BCUT2D eigenvalue weighted by atomic mass is 9.77. The van der Waals surface area contributed by atoms with Crippen LogP contribution in [0.4, 0.5) is 5.69 Å². The van der Waals surface area contributed by atoms with Gasteiger partial charge >= 0.3 is 0 Å². The molecule has 6 aromatic rings. The van der Waals surface area contributed by atoms with Gasteiger partial charge in [0.2, 0.25) is 5.88 Å². The van der Waals surface area contributed by atoms with Gasteiger partial charge in [0, 0.05) is 28.9 Å². The third-order valence-corrected chi connectivity index (χ3v) is 6.96. The van der Waals surface area contributed by atoms with E-state index in [9.17, 15) is 0 Å². The Morgan fingerprint density at radius 3 is 1.77 bits per heavy atom. The van der Waals surface area contributed by atoms with E-state index in [4.69, 9.17) is 15.6 Å². The summed E-state index contributed by atoms with van der Waals surface area (Å²) in [7, 11) is 0. The highest BCUT2D eigenvalue weighted by atomic mass is 16.5. The predicted octanol–water partition coefficient (Wildman–Crippen LogP) is 7.31. The second kappa shape index (κ2) is 10.1. The van der Waals surface area contributed by atoms with E-state index in [1.54, 1.807) is 0 Å². The molecule has 4 aromatic carbocycles. The van der Waals surface area contributed by atoms with Gasteiger partial charge in [0.25, 0.3) is 0 Å². The number of pyridine rings is 1. The summed E-state index contributed by atoms with van der Waals surface area (Å²) in [6.45, 7) is 3.98. The van der Waals surface area contributed by atoms with Gasteiger partial charge in [-0.3, -0.25) is 0 Å². The molecule has 39 heavy (non-hydrogen) atoms. The minimum atomic E-state index is -0.746. The second-order valence-electron chi connectivity index (χ2n) is 9.90. The number of aromatic nitrogens is 3. The number of fused-ring (bicyclic) bond motifs is 1. The number of hydrogen-bond donors (Lipinski definition) is 1. The molecule has 2 aromatic heterocycles. The van der Waals surface area contributed by atoms with Crippen LogP contribution in [0.15, 0.2) is 128 Å². The SMILES string of the molecule is CC(C)Oc1ccc(-c2nn(C(c3ccccc3)(c3ccccc3)c3ccccc3)c3ccc(N)cc23)cn1. The molecule has 0 atom stereocenters. The number of hydrogen-bond acceptors (Lipinski definition) is 4. The van der Waals surface area contributed by atoms with E-state index >= 15 is 0 Å². The van der Waals surface area contributed by atoms with Crippen molar-refractivity contribution >= 4 is 16.6 Å². The molecule has 0 aliphatic heterocycles. The molecular weight excluding hydrogens is 480 g/mol. The number of benzene rings is 4. The summed E-state index contributed by atoms with van der Waals surface area (Å²) < 4.78 is 7.94. The highest BCUT2D eigenvalue weighted by Gasteiger charge is 2.41. The van der Waals surface area contributed by atoms with Crippen LogP contribution in [0.25, 0.3) is 22.2 Å². The lowest BCUT2D eigenvalue weighted by Crippen LogP contribution is -2.38. The van der Waals surface area contributed by atoms with Gasteiger partial charge in [-0.05, 0) is 54.8 Å². The van der Waals surface area contributed by atoms with Crippen molar-refractivity contribution in [2.75, 3.05) is 5.73 Å². The molecule has 0 aliphatic carbocycles. The van der Waals surface area contributed by atoms with E-state index in [1.807, 2.05) is 62.5 Å². The Bertz CT molecular complexity index is 1600. The van der Waals surface area contributed by atoms with Crippen LogP contribution in [0, 0.1) is 0 Å². The third-order valence-electron chi connectivity index (χ3n) is 6.96. The minimum absolute atomic E-state index is 0.0476. The van der Waals surface area contributed by atoms with Gasteiger partial charge in [-0.15, -0.1) is 0 Å². The average molecular weight is 511 g/mol. The van der Waals surface area contributed by atoms with Crippen LogP contribution in [0.1, 0.15) is 30.5 Å². The van der Waals surface area contributed by atoms with Crippen LogP contribution in [-0.2, 0) is 5.54 Å². The van der Waals surface area contributed by atoms with Gasteiger partial charge < -0.3 is 10.5 Å². The molecule has 0 aliphatic rings. The predicted molar refractivity (Wildman–Crippen MR) is 158 cm³/mol. The Labute approximate surface area is 228 Å². The van der Waals surface area contributed by atoms with Crippen LogP contribution >= 0.6 is 0 Å². The maximum absolute atomic E-state index is 6.33. The minimum Gasteiger partial charge on any atom is -0.475 e. The van der Waals surface area contributed by atoms with E-state index < -0.39 is 5.54 Å². The Hall–Kier alpha value is -4.90. The Morgan fingerprint density at radius 2 is 1.28 bits per heavy atom. The molecule has 2 N–H and O–H groups in total. The van der Waals surface area contributed by atoms with Crippen LogP contribution in [0.5, 0.6) is 5.88 Å². The normalized spacial score (nSPS) is 11.7. The number of nitrogens with zero attached hydrogens (tertiary/aromatic N) is 3. The van der Waals surface area contributed by atoms with Gasteiger partial charge in [-0.2, -0.15) is 5.10 Å². The molecule has 5 heteroatoms. The summed E-state index contributed by atoms with van der Waals surface area (Å²) in [5, 5.41) is 6.33. The topological polar surface area (TPSA) is 66.0 Å². The van der Waals surface area contributed by atoms with Crippen molar-refractivity contribution in [1.29, 1.82) is 0 Å². The standard InChI is InChI=1S/C34H30N4O/c1-24(2)39-32-21-18-25(23-36-32)33-30-22-29(35)19-20-31(30)38(37-33)34(26-12-6-3-7-13-26,27-14-8-4-9-15-27)28-16-10-5-11-17-28/h3-24H,35H2,1-2H3. The molecule has 0 saturated heterocycles. The highest BCUT2D eigenvalue weighted by molar-refractivity contribution is 5.95. The quantitative estimate of drug-likeness (QED) is 0.181. The van der Waals surface area contributed by atoms with Crippen molar-refractivity contribution in [3.63, 3.8) is 0 Å². The van der Waals surface area contributed by atoms with E-state index in [2.05, 4.69) is 88.5 Å². The van der Waals surface area contributed by atoms with E-state index in [0.29, 0.717) is 11.6 Å². The molecule has 0 amide bonds. The first-order valence-electron chi connectivity index (χ1n) is 13.2. The summed E-state index contributed by atoms with van der Waals surface area (Å²) in [6, 6.07) is 41.6. The maximum atomic E-state index is 6.33. The summed E-state index contributed by atoms with van der Waals surface area (Å²) in [5.41, 5.74) is 12.3. The lowest BCUT2D eigenvalue weighted by Gasteiger charge is -2.37. The monoisotopic (exact) mass is 510 g/mol. The Balaban J connectivity index is 1.70. The second-order valence-corrected chi connectivity index (χ2v) is 9.90. The molecule has 0 fully saturated rings. The fourth-order valence-corrected chi connectivity index (χ4v) is 5.34. The molecule has 2 heterocycles. The van der Waals surface area contributed by atoms with Crippen molar-refractivity contribution in [1.82, 2.24) is 14.8 Å². The fourth-order valence-electron chi connectivity index (χ4n) is 5.34. The van der Waals surface area contributed by atoms with Gasteiger partial charge in [0.15, 0.2) is 0 Å². The maximum Gasteiger partial charge on any atom is 0.213 e. The molecule has 0 radical (unpaired) electrons. The molecule has 0 unspecified atom stereocenters. The molecule has 0 spiro atoms. The number of rotatable bonds is 7. The van der Waals surface area contributed by atoms with Crippen molar-refractivity contribution in [2.45, 2.75) is 25.5 Å². The van der Waals surface area contributed by atoms with Gasteiger partial charge in [0.05, 0.1) is 11.6 Å². The number of anilines is 1. The van der Waals surface area contributed by atoms with Gasteiger partial charge in [-0.25, -0.2) is 9.67 Å². The van der Waals surface area contributed by atoms with Crippen LogP contribution in [0.3, 0.4) is 0 Å². The summed E-state index contributed by atoms with van der Waals surface area (Å²) in [5.74, 6) is 0.587. The fraction of sp³-hybridized carbons (Fsp3) is 0.118. The molecule has 5 nitrogen and oxygen atoms in total. The zero-order valence-electron chi connectivity index (χ0n) is 22.0. The summed E-state index contributed by atoms with van der Waals surface area (Å²) >= 11 is 0. The Kier molecular flexibility index (Phi) is 6.33. The largest absolute Gasteiger partial charge is 0.475 e. The zero-order valence-corrected chi connectivity index (χ0v) is 22.0. The Morgan fingerprint density at radius 1 is 0.718 bits per heavy atom.